The van der Waals surface area contributed by atoms with Gasteiger partial charge in [0.15, 0.2) is 5.16 Å². The van der Waals surface area contributed by atoms with E-state index in [0.29, 0.717) is 12.5 Å². The zero-order chi connectivity index (χ0) is 13.7. The van der Waals surface area contributed by atoms with Crippen LogP contribution in [-0.2, 0) is 0 Å². The molecule has 0 spiro atoms. The third-order valence-electron chi connectivity index (χ3n) is 3.09. The zero-order valence-corrected chi connectivity index (χ0v) is 12.7. The Kier molecular flexibility index (Phi) is 5.27. The molecule has 1 aromatic heterocycles. The van der Waals surface area contributed by atoms with Crippen molar-refractivity contribution in [3.8, 4) is 5.88 Å². The van der Waals surface area contributed by atoms with Crippen molar-refractivity contribution in [2.45, 2.75) is 31.0 Å². The summed E-state index contributed by atoms with van der Waals surface area (Å²) in [5.41, 5.74) is 0. The van der Waals surface area contributed by atoms with Crippen LogP contribution in [0.1, 0.15) is 19.8 Å². The molecule has 0 atom stereocenters. The molecule has 0 radical (unpaired) electrons. The summed E-state index contributed by atoms with van der Waals surface area (Å²) < 4.78 is 5.74. The van der Waals surface area contributed by atoms with Crippen molar-refractivity contribution in [2.75, 3.05) is 38.3 Å². The Labute approximate surface area is 119 Å². The van der Waals surface area contributed by atoms with E-state index in [4.69, 9.17) is 4.74 Å². The third-order valence-corrected chi connectivity index (χ3v) is 3.63. The number of ether oxygens (including phenoxy) is 1. The van der Waals surface area contributed by atoms with Crippen LogP contribution < -0.4 is 10.1 Å². The van der Waals surface area contributed by atoms with Crippen molar-refractivity contribution in [1.29, 1.82) is 0 Å². The van der Waals surface area contributed by atoms with E-state index < -0.39 is 0 Å². The molecule has 1 N–H and O–H groups in total. The first-order valence-electron chi connectivity index (χ1n) is 6.73. The average Bonchev–Trinajstić information content (AvgIpc) is 3.23. The van der Waals surface area contributed by atoms with E-state index in [1.54, 1.807) is 0 Å². The van der Waals surface area contributed by atoms with Crippen LogP contribution in [0.25, 0.3) is 0 Å². The quantitative estimate of drug-likeness (QED) is 0.582. The van der Waals surface area contributed by atoms with E-state index in [1.165, 1.54) is 24.6 Å². The Bertz CT molecular complexity index is 412. The summed E-state index contributed by atoms with van der Waals surface area (Å²) in [6.07, 6.45) is 4.62. The van der Waals surface area contributed by atoms with Crippen molar-refractivity contribution < 1.29 is 4.74 Å². The van der Waals surface area contributed by atoms with Crippen molar-refractivity contribution >= 4 is 17.6 Å². The highest BCUT2D eigenvalue weighted by Crippen LogP contribution is 2.25. The molecule has 1 saturated carbocycles. The molecule has 19 heavy (non-hydrogen) atoms. The largest absolute Gasteiger partial charge is 0.476 e. The molecule has 0 amide bonds. The van der Waals surface area contributed by atoms with Crippen LogP contribution in [0.2, 0.25) is 0 Å². The van der Waals surface area contributed by atoms with Crippen LogP contribution in [0.5, 0.6) is 5.88 Å². The summed E-state index contributed by atoms with van der Waals surface area (Å²) >= 11 is 1.53. The standard InChI is InChI=1S/C13H22N4OS/c1-4-14-11-9-12(16-13(15-11)19-3)18-8-7-17(2)10-5-6-10/h9-10H,4-8H2,1-3H3,(H,14,15,16). The Morgan fingerprint density at radius 1 is 1.47 bits per heavy atom. The van der Waals surface area contributed by atoms with Gasteiger partial charge in [0.2, 0.25) is 5.88 Å². The molecule has 1 aromatic rings. The van der Waals surface area contributed by atoms with Crippen LogP contribution in [0.3, 0.4) is 0 Å². The fraction of sp³-hybridized carbons (Fsp3) is 0.692. The number of nitrogens with one attached hydrogen (secondary N) is 1. The Morgan fingerprint density at radius 2 is 2.26 bits per heavy atom. The minimum absolute atomic E-state index is 0.652. The summed E-state index contributed by atoms with van der Waals surface area (Å²) in [7, 11) is 2.15. The number of aromatic nitrogens is 2. The van der Waals surface area contributed by atoms with Gasteiger partial charge in [0.1, 0.15) is 12.4 Å². The third kappa shape index (κ3) is 4.54. The average molecular weight is 282 g/mol. The van der Waals surface area contributed by atoms with Crippen LogP contribution in [-0.4, -0.2) is 53.9 Å². The van der Waals surface area contributed by atoms with Gasteiger partial charge in [-0.05, 0) is 33.1 Å². The molecule has 0 bridgehead atoms. The van der Waals surface area contributed by atoms with Crippen LogP contribution in [0.4, 0.5) is 5.82 Å². The SMILES string of the molecule is CCNc1cc(OCCN(C)C2CC2)nc(SC)n1. The first kappa shape index (κ1) is 14.4. The Balaban J connectivity index is 1.88. The van der Waals surface area contributed by atoms with Gasteiger partial charge >= 0.3 is 0 Å². The number of likely N-dealkylation sites (N-methyl/N-ethyl adjacent to an activating group) is 1. The Hall–Kier alpha value is -1.01. The molecule has 1 heterocycles. The summed E-state index contributed by atoms with van der Waals surface area (Å²) in [6, 6.07) is 2.63. The lowest BCUT2D eigenvalue weighted by atomic mass is 10.5. The van der Waals surface area contributed by atoms with Gasteiger partial charge in [0, 0.05) is 25.2 Å². The lowest BCUT2D eigenvalue weighted by molar-refractivity contribution is 0.225. The molecule has 1 aliphatic rings. The highest BCUT2D eigenvalue weighted by Gasteiger charge is 2.25. The normalized spacial score (nSPS) is 14.7. The molecule has 0 aliphatic heterocycles. The van der Waals surface area contributed by atoms with Gasteiger partial charge in [-0.2, -0.15) is 4.98 Å². The predicted octanol–water partition coefficient (Wildman–Crippen LogP) is 2.10. The second kappa shape index (κ2) is 6.96. The molecule has 1 aliphatic carbocycles. The van der Waals surface area contributed by atoms with Gasteiger partial charge in [-0.3, -0.25) is 0 Å². The second-order valence-electron chi connectivity index (χ2n) is 4.67. The highest BCUT2D eigenvalue weighted by atomic mass is 32.2. The monoisotopic (exact) mass is 282 g/mol. The fourth-order valence-electron chi connectivity index (χ4n) is 1.83. The minimum Gasteiger partial charge on any atom is -0.476 e. The second-order valence-corrected chi connectivity index (χ2v) is 5.44. The molecule has 5 nitrogen and oxygen atoms in total. The lowest BCUT2D eigenvalue weighted by Gasteiger charge is -2.16. The van der Waals surface area contributed by atoms with Crippen molar-refractivity contribution in [2.24, 2.45) is 0 Å². The van der Waals surface area contributed by atoms with Gasteiger partial charge in [-0.15, -0.1) is 0 Å². The molecular weight excluding hydrogens is 260 g/mol. The number of nitrogens with zero attached hydrogens (tertiary/aromatic N) is 3. The maximum atomic E-state index is 5.74. The van der Waals surface area contributed by atoms with Gasteiger partial charge < -0.3 is 15.0 Å². The maximum absolute atomic E-state index is 5.74. The van der Waals surface area contributed by atoms with E-state index in [2.05, 4.69) is 27.2 Å². The van der Waals surface area contributed by atoms with Gasteiger partial charge in [0.05, 0.1) is 0 Å². The molecule has 1 fully saturated rings. The highest BCUT2D eigenvalue weighted by molar-refractivity contribution is 7.98. The summed E-state index contributed by atoms with van der Waals surface area (Å²) in [6.45, 7) is 4.50. The molecule has 2 rings (SSSR count). The number of rotatable bonds is 8. The fourth-order valence-corrected chi connectivity index (χ4v) is 2.20. The maximum Gasteiger partial charge on any atom is 0.219 e. The molecule has 0 aromatic carbocycles. The number of thioether (sulfide) groups is 1. The van der Waals surface area contributed by atoms with Gasteiger partial charge in [-0.25, -0.2) is 4.98 Å². The molecule has 6 heteroatoms. The molecule has 0 saturated heterocycles. The van der Waals surface area contributed by atoms with Gasteiger partial charge in [-0.1, -0.05) is 11.8 Å². The van der Waals surface area contributed by atoms with Crippen molar-refractivity contribution in [1.82, 2.24) is 14.9 Å². The summed E-state index contributed by atoms with van der Waals surface area (Å²) in [4.78, 5) is 11.1. The molecule has 0 unspecified atom stereocenters. The lowest BCUT2D eigenvalue weighted by Crippen LogP contribution is -2.26. The summed E-state index contributed by atoms with van der Waals surface area (Å²) in [5, 5.41) is 3.93. The van der Waals surface area contributed by atoms with E-state index in [0.717, 1.165) is 30.1 Å². The number of hydrogen-bond acceptors (Lipinski definition) is 6. The van der Waals surface area contributed by atoms with Gasteiger partial charge in [0.25, 0.3) is 0 Å². The van der Waals surface area contributed by atoms with Crippen LogP contribution in [0, 0.1) is 0 Å². The first-order chi connectivity index (χ1) is 9.22. The Morgan fingerprint density at radius 3 is 2.89 bits per heavy atom. The first-order valence-corrected chi connectivity index (χ1v) is 7.95. The molecule has 106 valence electrons. The van der Waals surface area contributed by atoms with Crippen molar-refractivity contribution in [3.63, 3.8) is 0 Å². The van der Waals surface area contributed by atoms with E-state index >= 15 is 0 Å². The zero-order valence-electron chi connectivity index (χ0n) is 11.8. The minimum atomic E-state index is 0.652. The van der Waals surface area contributed by atoms with E-state index in [1.807, 2.05) is 19.2 Å². The number of anilines is 1. The molecular formula is C13H22N4OS. The number of hydrogen-bond donors (Lipinski definition) is 1. The van der Waals surface area contributed by atoms with E-state index in [9.17, 15) is 0 Å². The van der Waals surface area contributed by atoms with Crippen LogP contribution >= 0.6 is 11.8 Å². The topological polar surface area (TPSA) is 50.3 Å². The summed E-state index contributed by atoms with van der Waals surface area (Å²) in [5.74, 6) is 1.48. The smallest absolute Gasteiger partial charge is 0.219 e. The van der Waals surface area contributed by atoms with Crippen molar-refractivity contribution in [3.05, 3.63) is 6.07 Å². The van der Waals surface area contributed by atoms with E-state index in [-0.39, 0.29) is 0 Å². The van der Waals surface area contributed by atoms with Crippen LogP contribution in [0.15, 0.2) is 11.2 Å². The predicted molar refractivity (Wildman–Crippen MR) is 79.1 cm³/mol.